The van der Waals surface area contributed by atoms with Crippen molar-refractivity contribution in [2.45, 2.75) is 375 Å². The first-order valence-electron chi connectivity index (χ1n) is 37.2. The smallest absolute Gasteiger partial charge is 0.462 e. The number of carbonyl (C=O) groups is 4. The number of esters is 4. The second kappa shape index (κ2) is 61.6. The van der Waals surface area contributed by atoms with Crippen molar-refractivity contribution in [3.8, 4) is 0 Å². The number of aliphatic hydroxyl groups excluding tert-OH is 1. The molecule has 0 fully saturated rings. The molecular weight excluding hydrogens is 1200 g/mol. The minimum absolute atomic E-state index is 0.104. The van der Waals surface area contributed by atoms with Crippen LogP contribution in [-0.4, -0.2) is 96.7 Å². The molecule has 3 N–H and O–H groups in total. The second-order valence-electron chi connectivity index (χ2n) is 27.9. The van der Waals surface area contributed by atoms with Gasteiger partial charge in [-0.05, 0) is 49.4 Å². The molecule has 0 aliphatic heterocycles. The largest absolute Gasteiger partial charge is 0.472 e. The molecule has 0 amide bonds. The number of aliphatic hydroxyl groups is 1. The van der Waals surface area contributed by atoms with E-state index in [1.807, 2.05) is 0 Å². The molecule has 0 rings (SSSR count). The molecule has 0 aromatic heterocycles. The standard InChI is InChI=1S/C72H140O17P2/c1-62(2)48-40-32-24-18-15-13-11-9-10-12-14-16-20-27-36-44-52-69(74)82-58-67(89-72(77)55-47-39-29-23-22-26-34-42-50-64(5)6)60-86-90(78,79)84-56-66(73)57-85-91(80,81)87-61-68(59-83-70(75)53-45-37-31-30-35-43-51-65(7)8)88-71(76)54-46-38-28-21-17-19-25-33-41-49-63(3)4/h62-68,73H,9-61H2,1-8H3,(H,78,79)(H,80,81)/t66-,67-,68-/m1/s1. The summed E-state index contributed by atoms with van der Waals surface area (Å²) >= 11 is 0. The van der Waals surface area contributed by atoms with Crippen molar-refractivity contribution in [1.29, 1.82) is 0 Å². The number of phosphoric acid groups is 2. The summed E-state index contributed by atoms with van der Waals surface area (Å²) in [6.45, 7) is 14.0. The number of hydrogen-bond donors (Lipinski definition) is 3. The quantitative estimate of drug-likeness (QED) is 0.0222. The predicted octanol–water partition coefficient (Wildman–Crippen LogP) is 20.5. The number of phosphoric ester groups is 2. The molecule has 0 saturated heterocycles. The normalized spacial score (nSPS) is 14.2. The first-order chi connectivity index (χ1) is 43.6. The summed E-state index contributed by atoms with van der Waals surface area (Å²) in [7, 11) is -9.90. The van der Waals surface area contributed by atoms with Crippen LogP contribution in [0.3, 0.4) is 0 Å². The second-order valence-corrected chi connectivity index (χ2v) is 30.8. The summed E-state index contributed by atoms with van der Waals surface area (Å²) in [6, 6.07) is 0. The zero-order valence-electron chi connectivity index (χ0n) is 59.5. The summed E-state index contributed by atoms with van der Waals surface area (Å²) in [4.78, 5) is 72.5. The minimum atomic E-state index is -4.95. The van der Waals surface area contributed by atoms with Gasteiger partial charge >= 0.3 is 39.5 Å². The maximum absolute atomic E-state index is 13.0. The summed E-state index contributed by atoms with van der Waals surface area (Å²) in [5, 5.41) is 10.6. The maximum Gasteiger partial charge on any atom is 0.472 e. The van der Waals surface area contributed by atoms with E-state index in [1.54, 1.807) is 0 Å². The summed E-state index contributed by atoms with van der Waals surface area (Å²) in [5.41, 5.74) is 0. The number of unbranched alkanes of at least 4 members (excludes halogenated alkanes) is 35. The van der Waals surface area contributed by atoms with Gasteiger partial charge in [0.15, 0.2) is 12.2 Å². The lowest BCUT2D eigenvalue weighted by molar-refractivity contribution is -0.161. The number of rotatable bonds is 69. The highest BCUT2D eigenvalue weighted by Gasteiger charge is 2.30. The van der Waals surface area contributed by atoms with E-state index in [2.05, 4.69) is 55.4 Å². The molecule has 19 heteroatoms. The highest BCUT2D eigenvalue weighted by molar-refractivity contribution is 7.47. The van der Waals surface area contributed by atoms with Crippen LogP contribution in [0.2, 0.25) is 0 Å². The van der Waals surface area contributed by atoms with Crippen LogP contribution in [0.25, 0.3) is 0 Å². The molecular formula is C72H140O17P2. The molecule has 0 saturated carbocycles. The van der Waals surface area contributed by atoms with Crippen molar-refractivity contribution in [3.05, 3.63) is 0 Å². The summed E-state index contributed by atoms with van der Waals surface area (Å²) in [5.74, 6) is 0.816. The summed E-state index contributed by atoms with van der Waals surface area (Å²) < 4.78 is 68.3. The van der Waals surface area contributed by atoms with E-state index in [-0.39, 0.29) is 25.7 Å². The van der Waals surface area contributed by atoms with E-state index in [0.29, 0.717) is 31.6 Å². The third-order valence-corrected chi connectivity index (χ3v) is 18.5. The molecule has 0 aromatic carbocycles. The van der Waals surface area contributed by atoms with Gasteiger partial charge in [-0.3, -0.25) is 37.3 Å². The molecule has 0 heterocycles. The molecule has 91 heavy (non-hydrogen) atoms. The van der Waals surface area contributed by atoms with E-state index in [0.717, 1.165) is 114 Å². The Morgan fingerprint density at radius 2 is 0.462 bits per heavy atom. The maximum atomic E-state index is 13.0. The first kappa shape index (κ1) is 89.1. The number of ether oxygens (including phenoxy) is 4. The Kier molecular flexibility index (Phi) is 60.3. The number of carbonyl (C=O) groups excluding carboxylic acids is 4. The van der Waals surface area contributed by atoms with E-state index in [1.165, 1.54) is 154 Å². The third-order valence-electron chi connectivity index (χ3n) is 16.6. The Morgan fingerprint density at radius 1 is 0.275 bits per heavy atom. The monoisotopic (exact) mass is 1340 g/mol. The van der Waals surface area contributed by atoms with Crippen LogP contribution in [0.5, 0.6) is 0 Å². The van der Waals surface area contributed by atoms with Crippen LogP contribution >= 0.6 is 15.6 Å². The lowest BCUT2D eigenvalue weighted by Gasteiger charge is -2.21. The van der Waals surface area contributed by atoms with Gasteiger partial charge in [0.25, 0.3) is 0 Å². The molecule has 2 unspecified atom stereocenters. The highest BCUT2D eigenvalue weighted by atomic mass is 31.2. The van der Waals surface area contributed by atoms with Gasteiger partial charge < -0.3 is 33.8 Å². The van der Waals surface area contributed by atoms with Crippen molar-refractivity contribution in [2.24, 2.45) is 23.7 Å². The predicted molar refractivity (Wildman–Crippen MR) is 367 cm³/mol. The van der Waals surface area contributed by atoms with Crippen LogP contribution in [0.4, 0.5) is 0 Å². The van der Waals surface area contributed by atoms with E-state index in [9.17, 15) is 43.2 Å². The van der Waals surface area contributed by atoms with Crippen molar-refractivity contribution in [3.63, 3.8) is 0 Å². The fourth-order valence-electron chi connectivity index (χ4n) is 10.8. The lowest BCUT2D eigenvalue weighted by Crippen LogP contribution is -2.30. The van der Waals surface area contributed by atoms with Gasteiger partial charge in [0.1, 0.15) is 19.3 Å². The van der Waals surface area contributed by atoms with Crippen LogP contribution in [-0.2, 0) is 65.4 Å². The van der Waals surface area contributed by atoms with Crippen LogP contribution < -0.4 is 0 Å². The third kappa shape index (κ3) is 66.5. The Balaban J connectivity index is 5.18. The number of hydrogen-bond acceptors (Lipinski definition) is 15. The van der Waals surface area contributed by atoms with Crippen LogP contribution in [0.15, 0.2) is 0 Å². The van der Waals surface area contributed by atoms with Gasteiger partial charge in [-0.2, -0.15) is 0 Å². The SMILES string of the molecule is CC(C)CCCCCCCCCCCCCCCCCCC(=O)OC[C@H](COP(=O)(O)OC[C@@H](O)COP(=O)(O)OC[C@@H](COC(=O)CCCCCCCCC(C)C)OC(=O)CCCCCCCCCCCC(C)C)OC(=O)CCCCCCCCCCC(C)C. The van der Waals surface area contributed by atoms with Crippen molar-refractivity contribution in [1.82, 2.24) is 0 Å². The molecule has 0 spiro atoms. The lowest BCUT2D eigenvalue weighted by atomic mass is 10.0. The molecule has 0 aromatic rings. The van der Waals surface area contributed by atoms with Crippen molar-refractivity contribution >= 4 is 39.5 Å². The zero-order valence-corrected chi connectivity index (χ0v) is 61.3. The van der Waals surface area contributed by atoms with E-state index in [4.69, 9.17) is 37.0 Å². The van der Waals surface area contributed by atoms with Gasteiger partial charge in [-0.25, -0.2) is 9.13 Å². The Labute approximate surface area is 556 Å². The fourth-order valence-corrected chi connectivity index (χ4v) is 12.4. The zero-order chi connectivity index (χ0) is 67.5. The molecule has 0 aliphatic carbocycles. The van der Waals surface area contributed by atoms with Gasteiger partial charge in [0.05, 0.1) is 26.4 Å². The Hall–Kier alpha value is -1.94. The van der Waals surface area contributed by atoms with Crippen molar-refractivity contribution < 1.29 is 80.2 Å². The molecule has 0 radical (unpaired) electrons. The summed E-state index contributed by atoms with van der Waals surface area (Å²) in [6.07, 6.45) is 44.8. The van der Waals surface area contributed by atoms with Crippen LogP contribution in [0, 0.1) is 23.7 Å². The van der Waals surface area contributed by atoms with E-state index >= 15 is 0 Å². The fraction of sp³-hybridized carbons (Fsp3) is 0.944. The Bertz CT molecular complexity index is 1800. The minimum Gasteiger partial charge on any atom is -0.462 e. The molecule has 540 valence electrons. The molecule has 0 bridgehead atoms. The average molecular weight is 1340 g/mol. The van der Waals surface area contributed by atoms with Gasteiger partial charge in [0.2, 0.25) is 0 Å². The van der Waals surface area contributed by atoms with Gasteiger partial charge in [0, 0.05) is 25.7 Å². The molecule has 5 atom stereocenters. The first-order valence-corrected chi connectivity index (χ1v) is 40.2. The van der Waals surface area contributed by atoms with Crippen molar-refractivity contribution in [2.75, 3.05) is 39.6 Å². The van der Waals surface area contributed by atoms with Gasteiger partial charge in [-0.15, -0.1) is 0 Å². The topological polar surface area (TPSA) is 237 Å². The Morgan fingerprint density at radius 3 is 0.681 bits per heavy atom. The highest BCUT2D eigenvalue weighted by Crippen LogP contribution is 2.45. The average Bonchev–Trinajstić information content (AvgIpc) is 2.40. The van der Waals surface area contributed by atoms with E-state index < -0.39 is 97.5 Å². The van der Waals surface area contributed by atoms with Crippen LogP contribution in [0.1, 0.15) is 357 Å². The molecule has 0 aliphatic rings. The molecule has 17 nitrogen and oxygen atoms in total. The van der Waals surface area contributed by atoms with Gasteiger partial charge in [-0.1, -0.05) is 306 Å².